The normalized spacial score (nSPS) is 10.1. The Morgan fingerprint density at radius 3 is 2.78 bits per heavy atom. The maximum absolute atomic E-state index is 13.3. The van der Waals surface area contributed by atoms with Gasteiger partial charge in [-0.25, -0.2) is 0 Å². The van der Waals surface area contributed by atoms with Gasteiger partial charge in [0.15, 0.2) is 0 Å². The number of ether oxygens (including phenoxy) is 1. The smallest absolute Gasteiger partial charge is 0.305 e. The van der Waals surface area contributed by atoms with E-state index in [4.69, 9.17) is 10.5 Å². The SMILES string of the molecule is Nc1cncc(Oc2ccc([N+](=O)[O-])c(F)c2)n1. The van der Waals surface area contributed by atoms with E-state index in [-0.39, 0.29) is 17.4 Å². The zero-order valence-electron chi connectivity index (χ0n) is 8.91. The molecule has 18 heavy (non-hydrogen) atoms. The minimum absolute atomic E-state index is 0.0676. The summed E-state index contributed by atoms with van der Waals surface area (Å²) in [6.45, 7) is 0. The van der Waals surface area contributed by atoms with Crippen LogP contribution in [0.15, 0.2) is 30.6 Å². The van der Waals surface area contributed by atoms with Crippen LogP contribution in [0.25, 0.3) is 0 Å². The van der Waals surface area contributed by atoms with Crippen LogP contribution in [0.1, 0.15) is 0 Å². The number of anilines is 1. The topological polar surface area (TPSA) is 104 Å². The van der Waals surface area contributed by atoms with Gasteiger partial charge in [0, 0.05) is 12.1 Å². The summed E-state index contributed by atoms with van der Waals surface area (Å²) in [4.78, 5) is 17.1. The fourth-order valence-electron chi connectivity index (χ4n) is 1.23. The number of benzene rings is 1. The highest BCUT2D eigenvalue weighted by Gasteiger charge is 2.14. The molecule has 2 N–H and O–H groups in total. The molecule has 0 amide bonds. The van der Waals surface area contributed by atoms with Gasteiger partial charge in [-0.3, -0.25) is 15.1 Å². The summed E-state index contributed by atoms with van der Waals surface area (Å²) in [5.41, 5.74) is 4.76. The first-order chi connectivity index (χ1) is 8.56. The van der Waals surface area contributed by atoms with E-state index in [1.165, 1.54) is 18.5 Å². The van der Waals surface area contributed by atoms with E-state index >= 15 is 0 Å². The van der Waals surface area contributed by atoms with Gasteiger partial charge in [-0.1, -0.05) is 0 Å². The van der Waals surface area contributed by atoms with Crippen molar-refractivity contribution < 1.29 is 14.1 Å². The van der Waals surface area contributed by atoms with E-state index in [9.17, 15) is 14.5 Å². The van der Waals surface area contributed by atoms with Gasteiger partial charge in [0.1, 0.15) is 11.6 Å². The molecule has 7 nitrogen and oxygen atoms in total. The van der Waals surface area contributed by atoms with Crippen molar-refractivity contribution in [2.75, 3.05) is 5.73 Å². The predicted octanol–water partition coefficient (Wildman–Crippen LogP) is 1.90. The summed E-state index contributed by atoms with van der Waals surface area (Å²) in [5, 5.41) is 10.4. The van der Waals surface area contributed by atoms with E-state index in [0.717, 1.165) is 12.1 Å². The second kappa shape index (κ2) is 4.62. The third-order valence-corrected chi connectivity index (χ3v) is 1.97. The lowest BCUT2D eigenvalue weighted by atomic mass is 10.3. The van der Waals surface area contributed by atoms with Gasteiger partial charge in [0.2, 0.25) is 11.7 Å². The quantitative estimate of drug-likeness (QED) is 0.658. The van der Waals surface area contributed by atoms with Crippen LogP contribution in [0, 0.1) is 15.9 Å². The molecule has 2 aromatic rings. The molecule has 0 atom stereocenters. The molecular formula is C10H7FN4O3. The summed E-state index contributed by atoms with van der Waals surface area (Å²) in [6.07, 6.45) is 2.61. The van der Waals surface area contributed by atoms with Crippen molar-refractivity contribution in [3.8, 4) is 11.6 Å². The van der Waals surface area contributed by atoms with Crippen molar-refractivity contribution in [3.05, 3.63) is 46.5 Å². The highest BCUT2D eigenvalue weighted by molar-refractivity contribution is 5.39. The predicted molar refractivity (Wildman–Crippen MR) is 59.6 cm³/mol. The highest BCUT2D eigenvalue weighted by atomic mass is 19.1. The number of nitrogens with zero attached hydrogens (tertiary/aromatic N) is 3. The number of halogens is 1. The molecule has 0 aliphatic rings. The summed E-state index contributed by atoms with van der Waals surface area (Å²) in [7, 11) is 0. The Morgan fingerprint density at radius 1 is 1.39 bits per heavy atom. The average molecular weight is 250 g/mol. The van der Waals surface area contributed by atoms with Crippen LogP contribution in [-0.2, 0) is 0 Å². The van der Waals surface area contributed by atoms with E-state index in [2.05, 4.69) is 9.97 Å². The fraction of sp³-hybridized carbons (Fsp3) is 0. The Labute approximate surface area is 100 Å². The third kappa shape index (κ3) is 2.48. The Kier molecular flexibility index (Phi) is 3.00. The number of nitro benzene ring substituents is 1. The molecule has 0 unspecified atom stereocenters. The van der Waals surface area contributed by atoms with Crippen LogP contribution in [0.2, 0.25) is 0 Å². The summed E-state index contributed by atoms with van der Waals surface area (Å²) < 4.78 is 18.5. The summed E-state index contributed by atoms with van der Waals surface area (Å²) in [5.74, 6) is -0.703. The molecule has 1 heterocycles. The molecule has 2 rings (SSSR count). The number of nitrogens with two attached hydrogens (primary N) is 1. The fourth-order valence-corrected chi connectivity index (χ4v) is 1.23. The lowest BCUT2D eigenvalue weighted by Gasteiger charge is -2.04. The van der Waals surface area contributed by atoms with Crippen molar-refractivity contribution in [1.29, 1.82) is 0 Å². The maximum Gasteiger partial charge on any atom is 0.305 e. The van der Waals surface area contributed by atoms with Gasteiger partial charge < -0.3 is 10.5 Å². The number of hydrogen-bond donors (Lipinski definition) is 1. The van der Waals surface area contributed by atoms with E-state index in [0.29, 0.717) is 0 Å². The molecule has 0 bridgehead atoms. The van der Waals surface area contributed by atoms with E-state index < -0.39 is 16.4 Å². The maximum atomic E-state index is 13.3. The van der Waals surface area contributed by atoms with Gasteiger partial charge in [-0.05, 0) is 6.07 Å². The van der Waals surface area contributed by atoms with Crippen molar-refractivity contribution in [2.24, 2.45) is 0 Å². The minimum atomic E-state index is -0.991. The number of hydrogen-bond acceptors (Lipinski definition) is 6. The molecule has 0 saturated heterocycles. The van der Waals surface area contributed by atoms with Crippen LogP contribution >= 0.6 is 0 Å². The molecule has 0 radical (unpaired) electrons. The van der Waals surface area contributed by atoms with Crippen molar-refractivity contribution in [3.63, 3.8) is 0 Å². The number of aromatic nitrogens is 2. The van der Waals surface area contributed by atoms with Gasteiger partial charge >= 0.3 is 5.69 Å². The highest BCUT2D eigenvalue weighted by Crippen LogP contribution is 2.25. The van der Waals surface area contributed by atoms with Crippen LogP contribution in [0.3, 0.4) is 0 Å². The first kappa shape index (κ1) is 11.7. The number of nitrogen functional groups attached to an aromatic ring is 1. The molecule has 1 aromatic heterocycles. The number of nitro groups is 1. The van der Waals surface area contributed by atoms with Crippen LogP contribution in [0.5, 0.6) is 11.6 Å². The second-order valence-electron chi connectivity index (χ2n) is 3.25. The third-order valence-electron chi connectivity index (χ3n) is 1.97. The Morgan fingerprint density at radius 2 is 2.17 bits per heavy atom. The standard InChI is InChI=1S/C10H7FN4O3/c11-7-3-6(1-2-8(7)15(16)17)18-10-5-13-4-9(12)14-10/h1-5H,(H2,12,14). The van der Waals surface area contributed by atoms with E-state index in [1.54, 1.807) is 0 Å². The van der Waals surface area contributed by atoms with Gasteiger partial charge in [-0.2, -0.15) is 9.37 Å². The first-order valence-corrected chi connectivity index (χ1v) is 4.75. The molecule has 0 saturated carbocycles. The molecule has 0 aliphatic heterocycles. The largest absolute Gasteiger partial charge is 0.437 e. The van der Waals surface area contributed by atoms with Crippen LogP contribution in [-0.4, -0.2) is 14.9 Å². The minimum Gasteiger partial charge on any atom is -0.437 e. The van der Waals surface area contributed by atoms with Crippen LogP contribution < -0.4 is 10.5 Å². The summed E-state index contributed by atoms with van der Waals surface area (Å²) >= 11 is 0. The van der Waals surface area contributed by atoms with Crippen molar-refractivity contribution in [2.45, 2.75) is 0 Å². The molecule has 92 valence electrons. The van der Waals surface area contributed by atoms with Gasteiger partial charge in [-0.15, -0.1) is 0 Å². The molecular weight excluding hydrogens is 243 g/mol. The molecule has 0 spiro atoms. The lowest BCUT2D eigenvalue weighted by Crippen LogP contribution is -1.96. The zero-order valence-corrected chi connectivity index (χ0v) is 8.91. The van der Waals surface area contributed by atoms with E-state index in [1.807, 2.05) is 0 Å². The van der Waals surface area contributed by atoms with Crippen molar-refractivity contribution >= 4 is 11.5 Å². The van der Waals surface area contributed by atoms with Crippen LogP contribution in [0.4, 0.5) is 15.9 Å². The lowest BCUT2D eigenvalue weighted by molar-refractivity contribution is -0.387. The Balaban J connectivity index is 2.25. The number of rotatable bonds is 3. The molecule has 0 aliphatic carbocycles. The summed E-state index contributed by atoms with van der Waals surface area (Å²) in [6, 6.07) is 3.15. The van der Waals surface area contributed by atoms with Crippen molar-refractivity contribution in [1.82, 2.24) is 9.97 Å². The molecule has 0 fully saturated rings. The average Bonchev–Trinajstić information content (AvgIpc) is 2.28. The van der Waals surface area contributed by atoms with Gasteiger partial charge in [0.05, 0.1) is 17.3 Å². The Bertz CT molecular complexity index is 605. The Hall–Kier alpha value is -2.77. The molecule has 8 heteroatoms. The second-order valence-corrected chi connectivity index (χ2v) is 3.25. The van der Waals surface area contributed by atoms with Gasteiger partial charge in [0.25, 0.3) is 0 Å². The monoisotopic (exact) mass is 250 g/mol. The first-order valence-electron chi connectivity index (χ1n) is 4.75. The molecule has 1 aromatic carbocycles. The zero-order chi connectivity index (χ0) is 13.1.